The average Bonchev–Trinajstić information content (AvgIpc) is 3.28. The Morgan fingerprint density at radius 1 is 1.09 bits per heavy atom. The first kappa shape index (κ1) is 41.7. The number of halogens is 2. The van der Waals surface area contributed by atoms with Gasteiger partial charge >= 0.3 is 103 Å². The van der Waals surface area contributed by atoms with E-state index in [0.29, 0.717) is 25.2 Å². The van der Waals surface area contributed by atoms with E-state index in [-0.39, 0.29) is 148 Å². The summed E-state index contributed by atoms with van der Waals surface area (Å²) in [5.74, 6) is -0.983. The van der Waals surface area contributed by atoms with Crippen molar-refractivity contribution in [3.8, 4) is 11.8 Å². The van der Waals surface area contributed by atoms with E-state index >= 15 is 0 Å². The van der Waals surface area contributed by atoms with Gasteiger partial charge in [0.15, 0.2) is 5.82 Å². The Labute approximate surface area is 349 Å². The van der Waals surface area contributed by atoms with Crippen LogP contribution in [0.1, 0.15) is 32.3 Å². The number of anilines is 2. The summed E-state index contributed by atoms with van der Waals surface area (Å²) in [5.41, 5.74) is 1.06. The van der Waals surface area contributed by atoms with Crippen molar-refractivity contribution in [2.45, 2.75) is 31.6 Å². The third kappa shape index (κ3) is 11.7. The molecule has 0 aliphatic rings. The summed E-state index contributed by atoms with van der Waals surface area (Å²) in [7, 11) is -9.16. The van der Waals surface area contributed by atoms with Crippen LogP contribution in [0.4, 0.5) is 22.9 Å². The number of nitrogens with zero attached hydrogens (tertiary/aromatic N) is 6. The van der Waals surface area contributed by atoms with Crippen molar-refractivity contribution in [3.05, 3.63) is 52.1 Å². The zero-order valence-electron chi connectivity index (χ0n) is 24.1. The Morgan fingerprint density at radius 2 is 1.73 bits per heavy atom. The predicted molar refractivity (Wildman–Crippen MR) is 153 cm³/mol. The summed E-state index contributed by atoms with van der Waals surface area (Å²) in [6, 6.07) is 8.60. The van der Waals surface area contributed by atoms with Gasteiger partial charge in [0.25, 0.3) is 0 Å². The van der Waals surface area contributed by atoms with Crippen molar-refractivity contribution in [1.82, 2.24) is 9.78 Å². The molecular formula is C24H23Cl2K2N7O7S2. The molecule has 0 bridgehead atoms. The molecule has 0 aliphatic heterocycles. The number of hydrogen-bond donors (Lipinski definition) is 1. The minimum absolute atomic E-state index is 0. The SMILES string of the molecule is CCN(CCCCS(=O)(=O)[O-])c1ccc(N=Nc2c(C#N)cnn2-c2c(Cl)cc(S(=O)(=O)[O-])cc2Cl)c(NC(C)=O)c1.[K+].[K+]. The van der Waals surface area contributed by atoms with Crippen LogP contribution < -0.4 is 113 Å². The molecule has 1 N–H and O–H groups in total. The molecule has 20 heteroatoms. The Balaban J connectivity index is 0.00000484. The predicted octanol–water partition coefficient (Wildman–Crippen LogP) is -1.51. The van der Waals surface area contributed by atoms with Gasteiger partial charge in [0.1, 0.15) is 33.1 Å². The minimum Gasteiger partial charge on any atom is -0.748 e. The van der Waals surface area contributed by atoms with Crippen LogP contribution in [0.15, 0.2) is 51.7 Å². The molecule has 0 saturated heterocycles. The Hall–Kier alpha value is -0.317. The summed E-state index contributed by atoms with van der Waals surface area (Å²) >= 11 is 12.5. The molecule has 1 amide bonds. The van der Waals surface area contributed by atoms with Gasteiger partial charge in [0.05, 0.1) is 36.9 Å². The van der Waals surface area contributed by atoms with Gasteiger partial charge in [-0.15, -0.1) is 10.2 Å². The molecule has 1 aromatic heterocycles. The van der Waals surface area contributed by atoms with E-state index in [0.717, 1.165) is 23.0 Å². The van der Waals surface area contributed by atoms with Crippen LogP contribution in [-0.4, -0.2) is 60.5 Å². The first-order chi connectivity index (χ1) is 19.6. The number of carbonyl (C=O) groups is 1. The van der Waals surface area contributed by atoms with Crippen molar-refractivity contribution in [2.75, 3.05) is 29.1 Å². The molecule has 0 spiro atoms. The molecule has 0 fully saturated rings. The molecular weight excluding hydrogens is 712 g/mol. The second-order valence-corrected chi connectivity index (χ2v) is 12.4. The Bertz CT molecular complexity index is 1780. The smallest absolute Gasteiger partial charge is 0.748 e. The first-order valence-electron chi connectivity index (χ1n) is 12.1. The molecule has 224 valence electrons. The fourth-order valence-corrected chi connectivity index (χ4v) is 5.68. The maximum atomic E-state index is 11.9. The van der Waals surface area contributed by atoms with Gasteiger partial charge in [-0.3, -0.25) is 4.79 Å². The fourth-order valence-electron chi connectivity index (χ4n) is 3.82. The number of rotatable bonds is 12. The molecule has 0 atom stereocenters. The topological polar surface area (TPSA) is 213 Å². The van der Waals surface area contributed by atoms with Crippen LogP contribution in [0.5, 0.6) is 0 Å². The molecule has 0 unspecified atom stereocenters. The molecule has 3 rings (SSSR count). The van der Waals surface area contributed by atoms with E-state index < -0.39 is 36.8 Å². The van der Waals surface area contributed by atoms with E-state index in [1.54, 1.807) is 18.2 Å². The molecule has 3 aromatic rings. The van der Waals surface area contributed by atoms with Crippen LogP contribution >= 0.6 is 23.2 Å². The Kier molecular flexibility index (Phi) is 17.3. The van der Waals surface area contributed by atoms with Crippen molar-refractivity contribution < 1.29 is 134 Å². The average molecular weight is 735 g/mol. The van der Waals surface area contributed by atoms with Gasteiger partial charge in [0, 0.05) is 31.5 Å². The first-order valence-corrected chi connectivity index (χ1v) is 15.8. The number of amides is 1. The molecule has 0 aliphatic carbocycles. The van der Waals surface area contributed by atoms with Gasteiger partial charge in [0.2, 0.25) is 5.91 Å². The molecule has 2 aromatic carbocycles. The molecule has 14 nitrogen and oxygen atoms in total. The van der Waals surface area contributed by atoms with Crippen molar-refractivity contribution >= 4 is 72.2 Å². The van der Waals surface area contributed by atoms with Gasteiger partial charge in [-0.05, 0) is 50.1 Å². The number of nitrogens with one attached hydrogen (secondary N) is 1. The third-order valence-corrected chi connectivity index (χ3v) is 7.90. The normalized spacial score (nSPS) is 11.4. The quantitative estimate of drug-likeness (QED) is 0.0983. The summed E-state index contributed by atoms with van der Waals surface area (Å²) in [4.78, 5) is 13.2. The number of azo groups is 1. The Morgan fingerprint density at radius 3 is 2.25 bits per heavy atom. The maximum absolute atomic E-state index is 11.9. The third-order valence-electron chi connectivity index (χ3n) is 5.72. The van der Waals surface area contributed by atoms with Crippen LogP contribution in [0.25, 0.3) is 5.69 Å². The van der Waals surface area contributed by atoms with Crippen LogP contribution in [0.2, 0.25) is 10.0 Å². The van der Waals surface area contributed by atoms with Crippen LogP contribution in [-0.2, 0) is 25.0 Å². The van der Waals surface area contributed by atoms with E-state index in [4.69, 9.17) is 23.2 Å². The minimum atomic E-state index is -4.86. The zero-order chi connectivity index (χ0) is 31.2. The van der Waals surface area contributed by atoms with E-state index in [9.17, 15) is 36.0 Å². The largest absolute Gasteiger partial charge is 1.00 e. The number of aromatic nitrogens is 2. The zero-order valence-corrected chi connectivity index (χ0v) is 33.5. The van der Waals surface area contributed by atoms with Gasteiger partial charge in [-0.1, -0.05) is 23.2 Å². The number of carbonyl (C=O) groups excluding carboxylic acids is 1. The van der Waals surface area contributed by atoms with E-state index in [1.807, 2.05) is 17.9 Å². The summed E-state index contributed by atoms with van der Waals surface area (Å²) in [5, 5.41) is 24.1. The summed E-state index contributed by atoms with van der Waals surface area (Å²) in [6.07, 6.45) is 1.81. The maximum Gasteiger partial charge on any atom is 1.00 e. The summed E-state index contributed by atoms with van der Waals surface area (Å²) < 4.78 is 67.9. The van der Waals surface area contributed by atoms with E-state index in [1.165, 1.54) is 6.92 Å². The summed E-state index contributed by atoms with van der Waals surface area (Å²) in [6.45, 7) is 4.18. The molecule has 0 saturated carbocycles. The van der Waals surface area contributed by atoms with Gasteiger partial charge in [-0.2, -0.15) is 10.4 Å². The van der Waals surface area contributed by atoms with Gasteiger partial charge < -0.3 is 19.3 Å². The number of unbranched alkanes of at least 4 members (excludes halogenated alkanes) is 1. The molecule has 0 radical (unpaired) electrons. The van der Waals surface area contributed by atoms with Crippen LogP contribution in [0.3, 0.4) is 0 Å². The molecule has 44 heavy (non-hydrogen) atoms. The van der Waals surface area contributed by atoms with Crippen molar-refractivity contribution in [3.63, 3.8) is 0 Å². The van der Waals surface area contributed by atoms with Crippen molar-refractivity contribution in [1.29, 1.82) is 5.26 Å². The standard InChI is InChI=1S/C24H25Cl2N7O7S2.2K/c1-3-32(8-4-5-9-41(35,36)37)17-6-7-21(22(10-17)29-15(2)34)30-31-24-16(13-27)14-28-33(24)23-19(25)11-18(12-20(23)26)42(38,39)40;;/h6-7,10-12,14H,3-5,8-9H2,1-2H3,(H,29,34)(H,35,36,37)(H,38,39,40);;/q;2*+1/p-2. The van der Waals surface area contributed by atoms with Gasteiger partial charge in [-0.25, -0.2) is 21.5 Å². The molecule has 1 heterocycles. The monoisotopic (exact) mass is 733 g/mol. The van der Waals surface area contributed by atoms with E-state index in [2.05, 4.69) is 20.6 Å². The number of nitriles is 1. The number of benzene rings is 2. The second kappa shape index (κ2) is 18.3. The second-order valence-electron chi connectivity index (χ2n) is 8.73. The van der Waals surface area contributed by atoms with Crippen LogP contribution in [0, 0.1) is 11.3 Å². The fraction of sp³-hybridized carbons (Fsp3) is 0.292. The van der Waals surface area contributed by atoms with Crippen molar-refractivity contribution in [2.24, 2.45) is 10.2 Å². The number of hydrogen-bond acceptors (Lipinski definition) is 12.